The van der Waals surface area contributed by atoms with Crippen molar-refractivity contribution in [1.82, 2.24) is 4.90 Å². The van der Waals surface area contributed by atoms with Crippen molar-refractivity contribution in [2.45, 2.75) is 53.1 Å². The number of ether oxygens (including phenoxy) is 3. The largest absolute Gasteiger partial charge is 0.466 e. The van der Waals surface area contributed by atoms with Crippen LogP contribution in [0.4, 0.5) is 4.79 Å². The summed E-state index contributed by atoms with van der Waals surface area (Å²) in [5.74, 6) is -0.792. The van der Waals surface area contributed by atoms with Gasteiger partial charge in [-0.05, 0) is 34.6 Å². The van der Waals surface area contributed by atoms with E-state index in [1.165, 1.54) is 4.90 Å². The summed E-state index contributed by atoms with van der Waals surface area (Å²) in [6.45, 7) is 9.51. The van der Waals surface area contributed by atoms with Gasteiger partial charge in [-0.15, -0.1) is 0 Å². The van der Waals surface area contributed by atoms with Crippen LogP contribution >= 0.6 is 0 Å². The highest BCUT2D eigenvalue weighted by Crippen LogP contribution is 2.11. The van der Waals surface area contributed by atoms with E-state index in [0.717, 1.165) is 0 Å². The van der Waals surface area contributed by atoms with Crippen LogP contribution < -0.4 is 0 Å². The van der Waals surface area contributed by atoms with Crippen molar-refractivity contribution < 1.29 is 28.6 Å². The van der Waals surface area contributed by atoms with Crippen molar-refractivity contribution in [2.75, 3.05) is 26.3 Å². The van der Waals surface area contributed by atoms with Gasteiger partial charge in [0.1, 0.15) is 5.60 Å². The van der Waals surface area contributed by atoms with Crippen molar-refractivity contribution in [3.63, 3.8) is 0 Å². The molecule has 0 spiro atoms. The lowest BCUT2D eigenvalue weighted by Crippen LogP contribution is -2.39. The zero-order valence-electron chi connectivity index (χ0n) is 14.1. The predicted molar refractivity (Wildman–Crippen MR) is 80.3 cm³/mol. The molecule has 0 unspecified atom stereocenters. The Morgan fingerprint density at radius 3 is 1.59 bits per heavy atom. The Morgan fingerprint density at radius 1 is 0.864 bits per heavy atom. The van der Waals surface area contributed by atoms with E-state index in [9.17, 15) is 14.4 Å². The van der Waals surface area contributed by atoms with Crippen molar-refractivity contribution >= 4 is 18.0 Å². The van der Waals surface area contributed by atoms with E-state index in [2.05, 4.69) is 0 Å². The molecule has 0 saturated heterocycles. The minimum absolute atomic E-state index is 0.0515. The van der Waals surface area contributed by atoms with Crippen LogP contribution in [0.5, 0.6) is 0 Å². The van der Waals surface area contributed by atoms with Gasteiger partial charge in [-0.1, -0.05) is 0 Å². The molecule has 0 atom stereocenters. The summed E-state index contributed by atoms with van der Waals surface area (Å²) in [6.07, 6.45) is -0.465. The second-order valence-corrected chi connectivity index (χ2v) is 5.58. The summed E-state index contributed by atoms with van der Waals surface area (Å²) in [7, 11) is 0. The molecule has 0 bridgehead atoms. The fourth-order valence-electron chi connectivity index (χ4n) is 1.54. The summed E-state index contributed by atoms with van der Waals surface area (Å²) in [4.78, 5) is 36.2. The minimum atomic E-state index is -0.650. The van der Waals surface area contributed by atoms with E-state index in [1.807, 2.05) is 0 Å². The van der Waals surface area contributed by atoms with Crippen LogP contribution in [0.25, 0.3) is 0 Å². The van der Waals surface area contributed by atoms with Crippen LogP contribution in [-0.2, 0) is 23.8 Å². The third-order valence-electron chi connectivity index (χ3n) is 2.43. The van der Waals surface area contributed by atoms with E-state index in [0.29, 0.717) is 0 Å². The molecule has 0 fully saturated rings. The number of nitrogens with zero attached hydrogens (tertiary/aromatic N) is 1. The summed E-state index contributed by atoms with van der Waals surface area (Å²) in [6, 6.07) is 0. The highest BCUT2D eigenvalue weighted by molar-refractivity contribution is 5.73. The molecular formula is C15H27NO6. The van der Waals surface area contributed by atoms with Gasteiger partial charge in [0.15, 0.2) is 0 Å². The van der Waals surface area contributed by atoms with Gasteiger partial charge in [0.2, 0.25) is 0 Å². The van der Waals surface area contributed by atoms with E-state index >= 15 is 0 Å². The van der Waals surface area contributed by atoms with Crippen LogP contribution in [0.1, 0.15) is 47.5 Å². The fourth-order valence-corrected chi connectivity index (χ4v) is 1.54. The lowest BCUT2D eigenvalue weighted by atomic mass is 10.2. The number of carbonyl (C=O) groups is 3. The predicted octanol–water partition coefficient (Wildman–Crippen LogP) is 2.13. The Labute approximate surface area is 131 Å². The number of carbonyl (C=O) groups excluding carboxylic acids is 3. The van der Waals surface area contributed by atoms with Crippen LogP contribution in [0.2, 0.25) is 0 Å². The summed E-state index contributed by atoms with van der Waals surface area (Å²) in [5, 5.41) is 0. The number of amides is 1. The van der Waals surface area contributed by atoms with Crippen molar-refractivity contribution in [1.29, 1.82) is 0 Å². The highest BCUT2D eigenvalue weighted by atomic mass is 16.6. The maximum atomic E-state index is 12.1. The normalized spacial score (nSPS) is 10.8. The molecule has 128 valence electrons. The average Bonchev–Trinajstić information content (AvgIpc) is 2.37. The van der Waals surface area contributed by atoms with Gasteiger partial charge in [0.25, 0.3) is 0 Å². The molecule has 22 heavy (non-hydrogen) atoms. The smallest absolute Gasteiger partial charge is 0.410 e. The molecule has 0 radical (unpaired) electrons. The quantitative estimate of drug-likeness (QED) is 0.504. The van der Waals surface area contributed by atoms with E-state index < -0.39 is 23.6 Å². The number of esters is 2. The van der Waals surface area contributed by atoms with Crippen molar-refractivity contribution in [3.05, 3.63) is 0 Å². The van der Waals surface area contributed by atoms with Gasteiger partial charge in [0.05, 0.1) is 26.1 Å². The molecule has 0 aromatic rings. The van der Waals surface area contributed by atoms with Crippen molar-refractivity contribution in [3.8, 4) is 0 Å². The lowest BCUT2D eigenvalue weighted by Gasteiger charge is -2.27. The Balaban J connectivity index is 4.58. The first-order valence-corrected chi connectivity index (χ1v) is 7.48. The number of hydrogen-bond donors (Lipinski definition) is 0. The molecule has 0 aliphatic carbocycles. The molecule has 0 heterocycles. The maximum absolute atomic E-state index is 12.1. The molecule has 1 amide bonds. The molecule has 0 N–H and O–H groups in total. The third-order valence-corrected chi connectivity index (χ3v) is 2.43. The first-order valence-electron chi connectivity index (χ1n) is 7.48. The second-order valence-electron chi connectivity index (χ2n) is 5.58. The molecule has 0 saturated carbocycles. The highest BCUT2D eigenvalue weighted by Gasteiger charge is 2.23. The summed E-state index contributed by atoms with van der Waals surface area (Å²) in [5.41, 5.74) is -0.650. The topological polar surface area (TPSA) is 82.1 Å². The van der Waals surface area contributed by atoms with Gasteiger partial charge in [-0.3, -0.25) is 9.59 Å². The van der Waals surface area contributed by atoms with Crippen LogP contribution in [0, 0.1) is 0 Å². The Kier molecular flexibility index (Phi) is 9.21. The standard InChI is InChI=1S/C15H27NO6/c1-6-20-12(17)8-10-16(11-9-13(18)21-7-2)14(19)22-15(3,4)5/h6-11H2,1-5H3. The number of rotatable bonds is 8. The molecular weight excluding hydrogens is 290 g/mol. The molecule has 0 aliphatic rings. The number of hydrogen-bond acceptors (Lipinski definition) is 6. The van der Waals surface area contributed by atoms with Crippen LogP contribution in [-0.4, -0.2) is 54.8 Å². The maximum Gasteiger partial charge on any atom is 0.410 e. The fraction of sp³-hybridized carbons (Fsp3) is 0.800. The monoisotopic (exact) mass is 317 g/mol. The average molecular weight is 317 g/mol. The molecule has 0 aliphatic heterocycles. The Bertz CT molecular complexity index is 353. The zero-order valence-corrected chi connectivity index (χ0v) is 14.1. The summed E-state index contributed by atoms with van der Waals surface area (Å²) >= 11 is 0. The second kappa shape index (κ2) is 10.0. The van der Waals surface area contributed by atoms with Crippen LogP contribution in [0.15, 0.2) is 0 Å². The SMILES string of the molecule is CCOC(=O)CCN(CCC(=O)OCC)C(=O)OC(C)(C)C. The molecule has 0 aromatic heterocycles. The van der Waals surface area contributed by atoms with E-state index in [4.69, 9.17) is 14.2 Å². The lowest BCUT2D eigenvalue weighted by molar-refractivity contribution is -0.143. The Hall–Kier alpha value is -1.79. The minimum Gasteiger partial charge on any atom is -0.466 e. The molecule has 7 nitrogen and oxygen atoms in total. The van der Waals surface area contributed by atoms with Gasteiger partial charge in [-0.25, -0.2) is 4.79 Å². The van der Waals surface area contributed by atoms with E-state index in [-0.39, 0.29) is 39.1 Å². The van der Waals surface area contributed by atoms with E-state index in [1.54, 1.807) is 34.6 Å². The molecule has 0 aromatic carbocycles. The van der Waals surface area contributed by atoms with Crippen molar-refractivity contribution in [2.24, 2.45) is 0 Å². The summed E-state index contributed by atoms with van der Waals surface area (Å²) < 4.78 is 14.9. The molecule has 0 rings (SSSR count). The van der Waals surface area contributed by atoms with Gasteiger partial charge < -0.3 is 19.1 Å². The van der Waals surface area contributed by atoms with Crippen LogP contribution in [0.3, 0.4) is 0 Å². The Morgan fingerprint density at radius 2 is 1.27 bits per heavy atom. The van der Waals surface area contributed by atoms with Gasteiger partial charge >= 0.3 is 18.0 Å². The first-order chi connectivity index (χ1) is 10.2. The third kappa shape index (κ3) is 10.0. The van der Waals surface area contributed by atoms with Gasteiger partial charge in [0, 0.05) is 13.1 Å². The first kappa shape index (κ1) is 20.2. The zero-order chi connectivity index (χ0) is 17.2. The van der Waals surface area contributed by atoms with Gasteiger partial charge in [-0.2, -0.15) is 0 Å². The molecule has 7 heteroatoms.